The van der Waals surface area contributed by atoms with Crippen LogP contribution in [-0.4, -0.2) is 35.2 Å². The molecule has 4 aromatic carbocycles. The molecule has 1 heterocycles. The molecule has 1 saturated heterocycles. The Morgan fingerprint density at radius 1 is 0.667 bits per heavy atom. The highest BCUT2D eigenvalue weighted by molar-refractivity contribution is 5.50. The summed E-state index contributed by atoms with van der Waals surface area (Å²) < 4.78 is 13.3. The zero-order valence-electron chi connectivity index (χ0n) is 20.7. The van der Waals surface area contributed by atoms with Crippen molar-refractivity contribution in [1.82, 2.24) is 4.90 Å². The van der Waals surface area contributed by atoms with E-state index < -0.39 is 5.60 Å². The Hall–Kier alpha value is -3.27. The monoisotopic (exact) mass is 479 g/mol. The summed E-state index contributed by atoms with van der Waals surface area (Å²) in [7, 11) is 0. The molecule has 2 nitrogen and oxygen atoms in total. The average Bonchev–Trinajstić information content (AvgIpc) is 2.93. The Labute approximate surface area is 214 Å². The quantitative estimate of drug-likeness (QED) is 0.287. The Morgan fingerprint density at radius 2 is 1.11 bits per heavy atom. The van der Waals surface area contributed by atoms with Crippen LogP contribution in [0, 0.1) is 5.82 Å². The Kier molecular flexibility index (Phi) is 7.31. The summed E-state index contributed by atoms with van der Waals surface area (Å²) in [6.45, 7) is 2.64. The van der Waals surface area contributed by atoms with Gasteiger partial charge in [-0.3, -0.25) is 0 Å². The van der Waals surface area contributed by atoms with Crippen LogP contribution in [0.15, 0.2) is 115 Å². The first-order chi connectivity index (χ1) is 17.6. The zero-order chi connectivity index (χ0) is 24.8. The second kappa shape index (κ2) is 10.8. The Balaban J connectivity index is 1.37. The van der Waals surface area contributed by atoms with E-state index in [0.29, 0.717) is 6.42 Å². The summed E-state index contributed by atoms with van der Waals surface area (Å²) in [5.41, 5.74) is 3.89. The number of hydrogen-bond acceptors (Lipinski definition) is 2. The predicted molar refractivity (Wildman–Crippen MR) is 145 cm³/mol. The van der Waals surface area contributed by atoms with Crippen LogP contribution in [0.25, 0.3) is 0 Å². The number of aliphatic hydroxyl groups is 1. The summed E-state index contributed by atoms with van der Waals surface area (Å²) in [6.07, 6.45) is 2.96. The first-order valence-corrected chi connectivity index (χ1v) is 12.9. The highest BCUT2D eigenvalue weighted by atomic mass is 19.1. The van der Waals surface area contributed by atoms with Gasteiger partial charge in [-0.1, -0.05) is 103 Å². The third-order valence-electron chi connectivity index (χ3n) is 7.84. The lowest BCUT2D eigenvalue weighted by Gasteiger charge is -2.41. The molecule has 4 aromatic rings. The van der Waals surface area contributed by atoms with Crippen molar-refractivity contribution in [3.8, 4) is 0 Å². The number of rotatable bonds is 8. The predicted octanol–water partition coefficient (Wildman–Crippen LogP) is 6.62. The largest absolute Gasteiger partial charge is 0.389 e. The van der Waals surface area contributed by atoms with Crippen molar-refractivity contribution >= 4 is 0 Å². The molecule has 1 aliphatic rings. The van der Waals surface area contributed by atoms with Crippen molar-refractivity contribution in [3.05, 3.63) is 143 Å². The summed E-state index contributed by atoms with van der Waals surface area (Å²) in [6, 6.07) is 39.0. The first-order valence-electron chi connectivity index (χ1n) is 12.9. The Bertz CT molecular complexity index is 1120. The average molecular weight is 480 g/mol. The summed E-state index contributed by atoms with van der Waals surface area (Å²) in [5, 5.41) is 11.3. The lowest BCUT2D eigenvalue weighted by atomic mass is 9.67. The molecule has 3 heteroatoms. The summed E-state index contributed by atoms with van der Waals surface area (Å²) in [5.74, 6) is -0.237. The fraction of sp³-hybridized carbons (Fsp3) is 0.273. The lowest BCUT2D eigenvalue weighted by molar-refractivity contribution is -0.0213. The second-order valence-electron chi connectivity index (χ2n) is 10.1. The SMILES string of the molecule is OC1(Cc2ccc(F)cc2)CCN(CCC(c2ccccc2)(c2ccccc2)c2ccccc2)CC1. The van der Waals surface area contributed by atoms with E-state index in [2.05, 4.69) is 95.9 Å². The maximum absolute atomic E-state index is 13.3. The molecule has 1 N–H and O–H groups in total. The van der Waals surface area contributed by atoms with Gasteiger partial charge in [0.2, 0.25) is 0 Å². The molecule has 0 atom stereocenters. The van der Waals surface area contributed by atoms with E-state index in [0.717, 1.165) is 44.5 Å². The van der Waals surface area contributed by atoms with E-state index in [9.17, 15) is 9.50 Å². The molecule has 1 fully saturated rings. The minimum absolute atomic E-state index is 0.237. The van der Waals surface area contributed by atoms with Gasteiger partial charge in [0.05, 0.1) is 5.60 Å². The molecule has 0 saturated carbocycles. The van der Waals surface area contributed by atoms with Crippen LogP contribution < -0.4 is 0 Å². The van der Waals surface area contributed by atoms with Crippen LogP contribution in [0.2, 0.25) is 0 Å². The van der Waals surface area contributed by atoms with Crippen molar-refractivity contribution in [1.29, 1.82) is 0 Å². The number of nitrogens with zero attached hydrogens (tertiary/aromatic N) is 1. The molecule has 5 rings (SSSR count). The van der Waals surface area contributed by atoms with Gasteiger partial charge in [0, 0.05) is 24.9 Å². The molecule has 0 aromatic heterocycles. The van der Waals surface area contributed by atoms with Gasteiger partial charge in [-0.15, -0.1) is 0 Å². The normalized spacial score (nSPS) is 16.1. The summed E-state index contributed by atoms with van der Waals surface area (Å²) in [4.78, 5) is 2.49. The molecule has 0 unspecified atom stereocenters. The molecular formula is C33H34FNO. The van der Waals surface area contributed by atoms with E-state index >= 15 is 0 Å². The van der Waals surface area contributed by atoms with Gasteiger partial charge < -0.3 is 10.0 Å². The van der Waals surface area contributed by atoms with Gasteiger partial charge in [-0.2, -0.15) is 0 Å². The first kappa shape index (κ1) is 24.4. The topological polar surface area (TPSA) is 23.5 Å². The van der Waals surface area contributed by atoms with Gasteiger partial charge in [0.15, 0.2) is 0 Å². The molecule has 184 valence electrons. The van der Waals surface area contributed by atoms with Crippen LogP contribution >= 0.6 is 0 Å². The minimum Gasteiger partial charge on any atom is -0.389 e. The molecule has 0 amide bonds. The molecule has 0 aliphatic carbocycles. The van der Waals surface area contributed by atoms with Crippen molar-refractivity contribution in [2.45, 2.75) is 36.7 Å². The third-order valence-corrected chi connectivity index (χ3v) is 7.84. The number of benzene rings is 4. The van der Waals surface area contributed by atoms with Gasteiger partial charge >= 0.3 is 0 Å². The molecule has 36 heavy (non-hydrogen) atoms. The zero-order valence-corrected chi connectivity index (χ0v) is 20.7. The minimum atomic E-state index is -0.732. The van der Waals surface area contributed by atoms with E-state index in [-0.39, 0.29) is 11.2 Å². The highest BCUT2D eigenvalue weighted by Gasteiger charge is 2.38. The van der Waals surface area contributed by atoms with E-state index in [1.165, 1.54) is 28.8 Å². The van der Waals surface area contributed by atoms with Crippen LogP contribution in [0.5, 0.6) is 0 Å². The standard InChI is InChI=1S/C33H34FNO/c34-31-18-16-27(17-19-31)26-32(36)20-23-35(24-21-32)25-22-33(28-10-4-1-5-11-28,29-12-6-2-7-13-29)30-14-8-3-9-15-30/h1-19,36H,20-26H2. The van der Waals surface area contributed by atoms with Crippen molar-refractivity contribution in [2.24, 2.45) is 0 Å². The van der Waals surface area contributed by atoms with Crippen LogP contribution in [-0.2, 0) is 11.8 Å². The summed E-state index contributed by atoms with van der Waals surface area (Å²) >= 11 is 0. The van der Waals surface area contributed by atoms with Gasteiger partial charge in [-0.05, 0) is 60.2 Å². The van der Waals surface area contributed by atoms with Gasteiger partial charge in [0.25, 0.3) is 0 Å². The van der Waals surface area contributed by atoms with Crippen LogP contribution in [0.4, 0.5) is 4.39 Å². The fourth-order valence-corrected chi connectivity index (χ4v) is 5.78. The highest BCUT2D eigenvalue weighted by Crippen LogP contribution is 2.42. The second-order valence-corrected chi connectivity index (χ2v) is 10.1. The number of halogens is 1. The van der Waals surface area contributed by atoms with Crippen LogP contribution in [0.1, 0.15) is 41.5 Å². The molecule has 0 bridgehead atoms. The number of likely N-dealkylation sites (tertiary alicyclic amines) is 1. The van der Waals surface area contributed by atoms with E-state index in [1.54, 1.807) is 12.1 Å². The molecule has 1 aliphatic heterocycles. The van der Waals surface area contributed by atoms with E-state index in [4.69, 9.17) is 0 Å². The molecule has 0 spiro atoms. The third kappa shape index (κ3) is 5.28. The molecular weight excluding hydrogens is 445 g/mol. The number of piperidine rings is 1. The number of hydrogen-bond donors (Lipinski definition) is 1. The fourth-order valence-electron chi connectivity index (χ4n) is 5.78. The molecule has 0 radical (unpaired) electrons. The van der Waals surface area contributed by atoms with Crippen LogP contribution in [0.3, 0.4) is 0 Å². The van der Waals surface area contributed by atoms with Crippen molar-refractivity contribution < 1.29 is 9.50 Å². The maximum Gasteiger partial charge on any atom is 0.123 e. The maximum atomic E-state index is 13.3. The smallest absolute Gasteiger partial charge is 0.123 e. The Morgan fingerprint density at radius 3 is 1.56 bits per heavy atom. The van der Waals surface area contributed by atoms with Crippen molar-refractivity contribution in [3.63, 3.8) is 0 Å². The van der Waals surface area contributed by atoms with Gasteiger partial charge in [-0.25, -0.2) is 4.39 Å². The van der Waals surface area contributed by atoms with Gasteiger partial charge in [0.1, 0.15) is 5.82 Å². The van der Waals surface area contributed by atoms with E-state index in [1.807, 2.05) is 0 Å². The van der Waals surface area contributed by atoms with Crippen molar-refractivity contribution in [2.75, 3.05) is 19.6 Å². The lowest BCUT2D eigenvalue weighted by Crippen LogP contribution is -2.47.